The predicted molar refractivity (Wildman–Crippen MR) is 89.8 cm³/mol. The van der Waals surface area contributed by atoms with Crippen LogP contribution < -0.4 is 11.1 Å². The molecule has 1 atom stereocenters. The highest BCUT2D eigenvalue weighted by atomic mass is 32.1. The molecule has 21 heavy (non-hydrogen) atoms. The molecule has 0 aliphatic rings. The van der Waals surface area contributed by atoms with Gasteiger partial charge in [-0.1, -0.05) is 27.7 Å². The standard InChI is InChI=1S/C15H32N2O3S/c1-14(2,3)12-15(4,21)11-13(18)17-6-8-20-10-9-19-7-5-16/h21H,5-12,16H2,1-4H3,(H,17,18). The van der Waals surface area contributed by atoms with Crippen molar-refractivity contribution in [2.24, 2.45) is 11.1 Å². The van der Waals surface area contributed by atoms with Crippen LogP contribution in [0, 0.1) is 5.41 Å². The van der Waals surface area contributed by atoms with Gasteiger partial charge in [-0.15, -0.1) is 0 Å². The number of nitrogens with one attached hydrogen (secondary N) is 1. The van der Waals surface area contributed by atoms with Gasteiger partial charge in [0.05, 0.1) is 26.4 Å². The van der Waals surface area contributed by atoms with Crippen molar-refractivity contribution in [1.29, 1.82) is 0 Å². The smallest absolute Gasteiger partial charge is 0.221 e. The van der Waals surface area contributed by atoms with Gasteiger partial charge in [-0.2, -0.15) is 12.6 Å². The molecule has 5 nitrogen and oxygen atoms in total. The minimum absolute atomic E-state index is 0.0136. The van der Waals surface area contributed by atoms with Crippen LogP contribution in [0.25, 0.3) is 0 Å². The van der Waals surface area contributed by atoms with Crippen LogP contribution in [-0.4, -0.2) is 50.2 Å². The lowest BCUT2D eigenvalue weighted by atomic mass is 9.83. The third kappa shape index (κ3) is 14.4. The molecule has 0 aliphatic heterocycles. The van der Waals surface area contributed by atoms with E-state index in [-0.39, 0.29) is 16.1 Å². The number of nitrogens with two attached hydrogens (primary N) is 1. The van der Waals surface area contributed by atoms with Crippen LogP contribution in [-0.2, 0) is 14.3 Å². The number of amides is 1. The summed E-state index contributed by atoms with van der Waals surface area (Å²) in [6.45, 7) is 11.6. The van der Waals surface area contributed by atoms with Crippen molar-refractivity contribution in [3.8, 4) is 0 Å². The molecule has 0 bridgehead atoms. The lowest BCUT2D eigenvalue weighted by molar-refractivity contribution is -0.121. The zero-order valence-electron chi connectivity index (χ0n) is 13.9. The Balaban J connectivity index is 3.66. The average molecular weight is 320 g/mol. The summed E-state index contributed by atoms with van der Waals surface area (Å²) in [6.07, 6.45) is 1.29. The Morgan fingerprint density at radius 3 is 2.19 bits per heavy atom. The molecular formula is C15H32N2O3S. The topological polar surface area (TPSA) is 73.6 Å². The quantitative estimate of drug-likeness (QED) is 0.399. The predicted octanol–water partition coefficient (Wildman–Crippen LogP) is 1.61. The molecule has 0 heterocycles. The molecule has 6 heteroatoms. The molecule has 1 amide bonds. The van der Waals surface area contributed by atoms with Gasteiger partial charge in [0.2, 0.25) is 5.91 Å². The number of carbonyl (C=O) groups is 1. The fourth-order valence-electron chi connectivity index (χ4n) is 2.28. The van der Waals surface area contributed by atoms with E-state index in [1.54, 1.807) is 0 Å². The van der Waals surface area contributed by atoms with E-state index in [0.717, 1.165) is 6.42 Å². The first-order valence-corrected chi connectivity index (χ1v) is 7.96. The molecule has 0 aromatic carbocycles. The van der Waals surface area contributed by atoms with E-state index in [9.17, 15) is 4.79 Å². The third-order valence-electron chi connectivity index (χ3n) is 2.66. The van der Waals surface area contributed by atoms with Crippen LogP contribution >= 0.6 is 12.6 Å². The number of thiol groups is 1. The monoisotopic (exact) mass is 320 g/mol. The highest BCUT2D eigenvalue weighted by Crippen LogP contribution is 2.33. The second kappa shape index (κ2) is 10.4. The molecule has 0 rings (SSSR count). The van der Waals surface area contributed by atoms with Gasteiger partial charge in [-0.25, -0.2) is 0 Å². The highest BCUT2D eigenvalue weighted by Gasteiger charge is 2.28. The van der Waals surface area contributed by atoms with Crippen molar-refractivity contribution in [3.05, 3.63) is 0 Å². The van der Waals surface area contributed by atoms with Crippen molar-refractivity contribution in [1.82, 2.24) is 5.32 Å². The Hall–Kier alpha value is -0.300. The first kappa shape index (κ1) is 20.7. The largest absolute Gasteiger partial charge is 0.378 e. The number of hydrogen-bond acceptors (Lipinski definition) is 5. The van der Waals surface area contributed by atoms with E-state index < -0.39 is 0 Å². The minimum Gasteiger partial charge on any atom is -0.378 e. The summed E-state index contributed by atoms with van der Waals surface area (Å²) < 4.78 is 10.2. The molecule has 0 aliphatic carbocycles. The van der Waals surface area contributed by atoms with Crippen LogP contribution in [0.15, 0.2) is 0 Å². The van der Waals surface area contributed by atoms with Crippen molar-refractivity contribution in [2.75, 3.05) is 39.5 Å². The zero-order valence-corrected chi connectivity index (χ0v) is 14.8. The van der Waals surface area contributed by atoms with E-state index in [1.165, 1.54) is 0 Å². The van der Waals surface area contributed by atoms with Crippen LogP contribution in [0.3, 0.4) is 0 Å². The van der Waals surface area contributed by atoms with Crippen LogP contribution in [0.2, 0.25) is 0 Å². The number of ether oxygens (including phenoxy) is 2. The molecule has 0 aromatic heterocycles. The maximum atomic E-state index is 11.9. The Morgan fingerprint density at radius 2 is 1.67 bits per heavy atom. The lowest BCUT2D eigenvalue weighted by Crippen LogP contribution is -2.35. The second-order valence-corrected chi connectivity index (χ2v) is 7.85. The highest BCUT2D eigenvalue weighted by molar-refractivity contribution is 7.81. The summed E-state index contributed by atoms with van der Waals surface area (Å²) in [6, 6.07) is 0. The van der Waals surface area contributed by atoms with Crippen molar-refractivity contribution in [3.63, 3.8) is 0 Å². The molecule has 0 aromatic rings. The van der Waals surface area contributed by atoms with Gasteiger partial charge in [0, 0.05) is 24.3 Å². The molecule has 0 radical (unpaired) electrons. The van der Waals surface area contributed by atoms with E-state index in [1.807, 2.05) is 6.92 Å². The first-order valence-electron chi connectivity index (χ1n) is 7.51. The van der Waals surface area contributed by atoms with E-state index in [4.69, 9.17) is 15.2 Å². The number of rotatable bonds is 11. The summed E-state index contributed by atoms with van der Waals surface area (Å²) in [5.41, 5.74) is 5.45. The summed E-state index contributed by atoms with van der Waals surface area (Å²) in [4.78, 5) is 11.9. The second-order valence-electron chi connectivity index (χ2n) is 6.77. The molecule has 126 valence electrons. The Morgan fingerprint density at radius 1 is 1.10 bits per heavy atom. The van der Waals surface area contributed by atoms with Crippen molar-refractivity contribution < 1.29 is 14.3 Å². The molecule has 1 unspecified atom stereocenters. The van der Waals surface area contributed by atoms with Crippen molar-refractivity contribution >= 4 is 18.5 Å². The summed E-state index contributed by atoms with van der Waals surface area (Å²) in [7, 11) is 0. The fraction of sp³-hybridized carbons (Fsp3) is 0.933. The van der Waals surface area contributed by atoms with Gasteiger partial charge in [-0.3, -0.25) is 4.79 Å². The Kier molecular flexibility index (Phi) is 10.3. The SMILES string of the molecule is CC(C)(C)CC(C)(S)CC(=O)NCCOCCOCCN. The molecule has 0 spiro atoms. The summed E-state index contributed by atoms with van der Waals surface area (Å²) in [5.74, 6) is 0.0136. The van der Waals surface area contributed by atoms with Gasteiger partial charge >= 0.3 is 0 Å². The van der Waals surface area contributed by atoms with Crippen LogP contribution in [0.1, 0.15) is 40.5 Å². The summed E-state index contributed by atoms with van der Waals surface area (Å²) >= 11 is 4.61. The van der Waals surface area contributed by atoms with E-state index in [2.05, 4.69) is 38.7 Å². The normalized spacial score (nSPS) is 14.8. The Bertz CT molecular complexity index is 291. The van der Waals surface area contributed by atoms with Crippen molar-refractivity contribution in [2.45, 2.75) is 45.3 Å². The van der Waals surface area contributed by atoms with Gasteiger partial charge < -0.3 is 20.5 Å². The molecular weight excluding hydrogens is 288 g/mol. The van der Waals surface area contributed by atoms with Gasteiger partial charge in [0.15, 0.2) is 0 Å². The fourth-order valence-corrected chi connectivity index (χ4v) is 2.90. The maximum Gasteiger partial charge on any atom is 0.221 e. The third-order valence-corrected chi connectivity index (χ3v) is 2.97. The lowest BCUT2D eigenvalue weighted by Gasteiger charge is -2.31. The van der Waals surface area contributed by atoms with E-state index >= 15 is 0 Å². The summed E-state index contributed by atoms with van der Waals surface area (Å²) in [5, 5.41) is 2.85. The van der Waals surface area contributed by atoms with Gasteiger partial charge in [-0.05, 0) is 11.8 Å². The average Bonchev–Trinajstić information content (AvgIpc) is 2.28. The number of carbonyl (C=O) groups excluding carboxylic acids is 1. The first-order chi connectivity index (χ1) is 9.66. The number of hydrogen-bond donors (Lipinski definition) is 3. The Labute approximate surface area is 134 Å². The molecule has 0 fully saturated rings. The van der Waals surface area contributed by atoms with Gasteiger partial charge in [0.25, 0.3) is 0 Å². The molecule has 0 saturated heterocycles. The van der Waals surface area contributed by atoms with Crippen LogP contribution in [0.5, 0.6) is 0 Å². The van der Waals surface area contributed by atoms with E-state index in [0.29, 0.717) is 45.9 Å². The molecule has 3 N–H and O–H groups in total. The van der Waals surface area contributed by atoms with Gasteiger partial charge in [0.1, 0.15) is 0 Å². The maximum absolute atomic E-state index is 11.9. The molecule has 0 saturated carbocycles. The zero-order chi connectivity index (χ0) is 16.4. The van der Waals surface area contributed by atoms with Crippen LogP contribution in [0.4, 0.5) is 0 Å². The minimum atomic E-state index is -0.292.